The molecule has 0 radical (unpaired) electrons. The van der Waals surface area contributed by atoms with E-state index >= 15 is 0 Å². The van der Waals surface area contributed by atoms with Crippen LogP contribution in [-0.2, 0) is 9.31 Å². The highest BCUT2D eigenvalue weighted by atomic mass is 16.7. The van der Waals surface area contributed by atoms with Gasteiger partial charge in [-0.05, 0) is 45.3 Å². The van der Waals surface area contributed by atoms with E-state index in [1.807, 2.05) is 45.9 Å². The SMILES string of the molecule is CN/C=C(\C=N)c1cnc2ccc(B3OC(C)(C)C(C)(C)O3)cc2n1. The Morgan fingerprint density at radius 1 is 1.16 bits per heavy atom. The maximum atomic E-state index is 7.53. The van der Waals surface area contributed by atoms with Crippen molar-refractivity contribution in [2.24, 2.45) is 0 Å². The molecule has 0 atom stereocenters. The molecule has 0 unspecified atom stereocenters. The Kier molecular flexibility index (Phi) is 4.39. The third kappa shape index (κ3) is 3.17. The van der Waals surface area contributed by atoms with E-state index in [0.717, 1.165) is 16.5 Å². The summed E-state index contributed by atoms with van der Waals surface area (Å²) in [5, 5.41) is 10.5. The van der Waals surface area contributed by atoms with Crippen molar-refractivity contribution in [3.05, 3.63) is 36.3 Å². The maximum absolute atomic E-state index is 7.53. The first-order valence-corrected chi connectivity index (χ1v) is 8.28. The van der Waals surface area contributed by atoms with E-state index in [2.05, 4.69) is 15.3 Å². The van der Waals surface area contributed by atoms with Crippen LogP contribution in [0, 0.1) is 5.41 Å². The molecule has 0 saturated carbocycles. The number of allylic oxidation sites excluding steroid dienone is 1. The summed E-state index contributed by atoms with van der Waals surface area (Å²) in [6.07, 6.45) is 4.65. The highest BCUT2D eigenvalue weighted by molar-refractivity contribution is 6.62. The second-order valence-corrected chi connectivity index (χ2v) is 7.12. The molecular weight excluding hydrogens is 315 g/mol. The van der Waals surface area contributed by atoms with Gasteiger partial charge in [-0.25, -0.2) is 4.98 Å². The van der Waals surface area contributed by atoms with Gasteiger partial charge in [0.25, 0.3) is 0 Å². The highest BCUT2D eigenvalue weighted by Crippen LogP contribution is 2.36. The van der Waals surface area contributed by atoms with Gasteiger partial charge < -0.3 is 20.0 Å². The number of hydrogen-bond donors (Lipinski definition) is 2. The second-order valence-electron chi connectivity index (χ2n) is 7.12. The zero-order valence-electron chi connectivity index (χ0n) is 15.3. The molecule has 25 heavy (non-hydrogen) atoms. The Bertz CT molecular complexity index is 832. The highest BCUT2D eigenvalue weighted by Gasteiger charge is 2.51. The zero-order valence-corrected chi connectivity index (χ0v) is 15.3. The Hall–Kier alpha value is -2.25. The molecule has 1 saturated heterocycles. The Labute approximate surface area is 148 Å². The smallest absolute Gasteiger partial charge is 0.399 e. The standard InChI is InChI=1S/C18H23BN4O2/c1-17(2)18(3,4)25-19(24-17)13-6-7-14-15(8-13)23-16(11-22-14)12(9-20)10-21-5/h6-11,20-21H,1-5H3/b12-10+,20-9?. The fourth-order valence-electron chi connectivity index (χ4n) is 2.64. The van der Waals surface area contributed by atoms with Crippen molar-refractivity contribution < 1.29 is 9.31 Å². The van der Waals surface area contributed by atoms with Crippen LogP contribution in [0.15, 0.2) is 30.6 Å². The molecule has 2 N–H and O–H groups in total. The van der Waals surface area contributed by atoms with Crippen molar-refractivity contribution in [1.29, 1.82) is 5.41 Å². The van der Waals surface area contributed by atoms with Crippen LogP contribution in [0.4, 0.5) is 0 Å². The van der Waals surface area contributed by atoms with Crippen LogP contribution in [0.1, 0.15) is 33.4 Å². The van der Waals surface area contributed by atoms with Gasteiger partial charge in [0, 0.05) is 25.0 Å². The molecule has 1 aliphatic heterocycles. The summed E-state index contributed by atoms with van der Waals surface area (Å²) in [5.41, 5.74) is 2.98. The molecule has 2 aromatic rings. The number of aromatic nitrogens is 2. The number of benzene rings is 1. The van der Waals surface area contributed by atoms with E-state index in [0.29, 0.717) is 11.3 Å². The molecule has 0 aliphatic carbocycles. The monoisotopic (exact) mass is 338 g/mol. The fourth-order valence-corrected chi connectivity index (χ4v) is 2.64. The minimum atomic E-state index is -0.435. The molecule has 1 aromatic carbocycles. The van der Waals surface area contributed by atoms with Crippen molar-refractivity contribution in [1.82, 2.24) is 15.3 Å². The lowest BCUT2D eigenvalue weighted by Crippen LogP contribution is -2.41. The van der Waals surface area contributed by atoms with Crippen LogP contribution in [0.2, 0.25) is 0 Å². The molecule has 2 heterocycles. The van der Waals surface area contributed by atoms with Crippen molar-refractivity contribution >= 4 is 35.4 Å². The summed E-state index contributed by atoms with van der Waals surface area (Å²) in [4.78, 5) is 9.08. The lowest BCUT2D eigenvalue weighted by atomic mass is 9.79. The lowest BCUT2D eigenvalue weighted by molar-refractivity contribution is 0.00578. The molecule has 1 fully saturated rings. The average Bonchev–Trinajstić information content (AvgIpc) is 2.79. The van der Waals surface area contributed by atoms with Crippen molar-refractivity contribution in [2.45, 2.75) is 38.9 Å². The summed E-state index contributed by atoms with van der Waals surface area (Å²) in [6.45, 7) is 8.13. The predicted molar refractivity (Wildman–Crippen MR) is 101 cm³/mol. The lowest BCUT2D eigenvalue weighted by Gasteiger charge is -2.32. The van der Waals surface area contributed by atoms with Gasteiger partial charge in [-0.1, -0.05) is 6.07 Å². The topological polar surface area (TPSA) is 80.1 Å². The number of fused-ring (bicyclic) bond motifs is 1. The van der Waals surface area contributed by atoms with Crippen LogP contribution in [0.3, 0.4) is 0 Å². The van der Waals surface area contributed by atoms with Gasteiger partial charge >= 0.3 is 7.12 Å². The second kappa shape index (κ2) is 6.24. The normalized spacial score (nSPS) is 19.2. The molecule has 7 heteroatoms. The average molecular weight is 338 g/mol. The number of hydrogen-bond acceptors (Lipinski definition) is 6. The molecule has 0 amide bonds. The largest absolute Gasteiger partial charge is 0.494 e. The Balaban J connectivity index is 2.00. The van der Waals surface area contributed by atoms with Crippen molar-refractivity contribution in [3.8, 4) is 0 Å². The van der Waals surface area contributed by atoms with Crippen molar-refractivity contribution in [2.75, 3.05) is 7.05 Å². The van der Waals surface area contributed by atoms with E-state index in [4.69, 9.17) is 14.7 Å². The van der Waals surface area contributed by atoms with Crippen LogP contribution < -0.4 is 10.8 Å². The van der Waals surface area contributed by atoms with Gasteiger partial charge in [-0.3, -0.25) is 4.98 Å². The van der Waals surface area contributed by atoms with Crippen LogP contribution in [-0.4, -0.2) is 41.6 Å². The minimum Gasteiger partial charge on any atom is -0.399 e. The molecule has 1 aromatic heterocycles. The maximum Gasteiger partial charge on any atom is 0.494 e. The predicted octanol–water partition coefficient (Wildman–Crippen LogP) is 2.14. The molecule has 0 spiro atoms. The summed E-state index contributed by atoms with van der Waals surface area (Å²) in [7, 11) is 1.35. The van der Waals surface area contributed by atoms with E-state index < -0.39 is 7.12 Å². The van der Waals surface area contributed by atoms with Gasteiger partial charge in [0.05, 0.1) is 34.1 Å². The Morgan fingerprint density at radius 3 is 2.44 bits per heavy atom. The van der Waals surface area contributed by atoms with Gasteiger partial charge in [0.15, 0.2) is 0 Å². The summed E-state index contributed by atoms with van der Waals surface area (Å²) >= 11 is 0. The van der Waals surface area contributed by atoms with Crippen molar-refractivity contribution in [3.63, 3.8) is 0 Å². The first-order valence-electron chi connectivity index (χ1n) is 8.28. The number of nitrogens with zero attached hydrogens (tertiary/aromatic N) is 2. The third-order valence-corrected chi connectivity index (χ3v) is 4.84. The van der Waals surface area contributed by atoms with Crippen LogP contribution in [0.25, 0.3) is 16.6 Å². The molecule has 6 nitrogen and oxygen atoms in total. The van der Waals surface area contributed by atoms with Crippen LogP contribution >= 0.6 is 0 Å². The first kappa shape index (κ1) is 17.6. The quantitative estimate of drug-likeness (QED) is 0.659. The molecule has 3 rings (SSSR count). The number of nitrogens with one attached hydrogen (secondary N) is 2. The van der Waals surface area contributed by atoms with Crippen LogP contribution in [0.5, 0.6) is 0 Å². The fraction of sp³-hybridized carbons (Fsp3) is 0.389. The van der Waals surface area contributed by atoms with E-state index in [1.165, 1.54) is 6.21 Å². The van der Waals surface area contributed by atoms with Gasteiger partial charge in [-0.2, -0.15) is 0 Å². The van der Waals surface area contributed by atoms with Gasteiger partial charge in [0.1, 0.15) is 0 Å². The third-order valence-electron chi connectivity index (χ3n) is 4.84. The van der Waals surface area contributed by atoms with E-state index in [9.17, 15) is 0 Å². The minimum absolute atomic E-state index is 0.386. The van der Waals surface area contributed by atoms with E-state index in [1.54, 1.807) is 19.4 Å². The zero-order chi connectivity index (χ0) is 18.2. The molecule has 0 bridgehead atoms. The summed E-state index contributed by atoms with van der Waals surface area (Å²) in [5.74, 6) is 0. The number of rotatable bonds is 4. The summed E-state index contributed by atoms with van der Waals surface area (Å²) in [6, 6.07) is 5.81. The molecular formula is C18H23BN4O2. The van der Waals surface area contributed by atoms with Gasteiger partial charge in [-0.15, -0.1) is 0 Å². The molecule has 130 valence electrons. The molecule has 1 aliphatic rings. The first-order chi connectivity index (χ1) is 11.8. The van der Waals surface area contributed by atoms with E-state index in [-0.39, 0.29) is 11.2 Å². The van der Waals surface area contributed by atoms with Gasteiger partial charge in [0.2, 0.25) is 0 Å². The summed E-state index contributed by atoms with van der Waals surface area (Å²) < 4.78 is 12.2. The Morgan fingerprint density at radius 2 is 1.84 bits per heavy atom.